The second kappa shape index (κ2) is 6.02. The summed E-state index contributed by atoms with van der Waals surface area (Å²) in [5, 5.41) is 2.54. The summed E-state index contributed by atoms with van der Waals surface area (Å²) in [5.74, 6) is -4.06. The SMILES string of the molecule is CCCNC(c1sc(C)cc1C)C(F)(F)C(F)F. The van der Waals surface area contributed by atoms with Crippen molar-refractivity contribution in [3.8, 4) is 0 Å². The van der Waals surface area contributed by atoms with Gasteiger partial charge in [-0.3, -0.25) is 0 Å². The predicted molar refractivity (Wildman–Crippen MR) is 65.8 cm³/mol. The van der Waals surface area contributed by atoms with E-state index in [1.54, 1.807) is 26.8 Å². The predicted octanol–water partition coefficient (Wildman–Crippen LogP) is 4.31. The number of alkyl halides is 4. The van der Waals surface area contributed by atoms with Gasteiger partial charge in [-0.15, -0.1) is 11.3 Å². The van der Waals surface area contributed by atoms with Crippen molar-refractivity contribution in [1.29, 1.82) is 0 Å². The summed E-state index contributed by atoms with van der Waals surface area (Å²) in [7, 11) is 0. The Morgan fingerprint density at radius 3 is 2.33 bits per heavy atom. The Morgan fingerprint density at radius 2 is 1.94 bits per heavy atom. The van der Waals surface area contributed by atoms with E-state index in [0.717, 1.165) is 16.2 Å². The summed E-state index contributed by atoms with van der Waals surface area (Å²) in [5.41, 5.74) is 0.631. The van der Waals surface area contributed by atoms with Crippen molar-refractivity contribution >= 4 is 11.3 Å². The molecule has 1 N–H and O–H groups in total. The second-order valence-corrected chi connectivity index (χ2v) is 5.55. The fourth-order valence-corrected chi connectivity index (χ4v) is 2.93. The fraction of sp³-hybridized carbons (Fsp3) is 0.667. The highest BCUT2D eigenvalue weighted by atomic mass is 32.1. The van der Waals surface area contributed by atoms with Gasteiger partial charge in [0, 0.05) is 9.75 Å². The number of hydrogen-bond donors (Lipinski definition) is 1. The highest BCUT2D eigenvalue weighted by Gasteiger charge is 2.50. The van der Waals surface area contributed by atoms with Crippen LogP contribution >= 0.6 is 11.3 Å². The molecule has 1 rings (SSSR count). The van der Waals surface area contributed by atoms with E-state index < -0.39 is 18.4 Å². The fourth-order valence-electron chi connectivity index (χ4n) is 1.76. The van der Waals surface area contributed by atoms with Crippen molar-refractivity contribution in [2.24, 2.45) is 0 Å². The van der Waals surface area contributed by atoms with Crippen molar-refractivity contribution in [2.45, 2.75) is 45.6 Å². The van der Waals surface area contributed by atoms with Gasteiger partial charge in [-0.05, 0) is 38.4 Å². The molecule has 0 radical (unpaired) electrons. The molecule has 0 aromatic carbocycles. The molecule has 0 aliphatic heterocycles. The molecule has 1 aromatic heterocycles. The Morgan fingerprint density at radius 1 is 1.33 bits per heavy atom. The topological polar surface area (TPSA) is 12.0 Å². The smallest absolute Gasteiger partial charge is 0.304 e. The van der Waals surface area contributed by atoms with Crippen LogP contribution in [-0.4, -0.2) is 18.9 Å². The van der Waals surface area contributed by atoms with E-state index in [1.807, 2.05) is 0 Å². The van der Waals surface area contributed by atoms with Gasteiger partial charge in [0.2, 0.25) is 0 Å². The number of thiophene rings is 1. The molecule has 1 atom stereocenters. The molecular weight excluding hydrogens is 266 g/mol. The zero-order valence-electron chi connectivity index (χ0n) is 10.6. The third-order valence-electron chi connectivity index (χ3n) is 2.62. The summed E-state index contributed by atoms with van der Waals surface area (Å²) < 4.78 is 52.3. The molecule has 0 amide bonds. The number of rotatable bonds is 6. The first kappa shape index (κ1) is 15.4. The largest absolute Gasteiger partial charge is 0.327 e. The second-order valence-electron chi connectivity index (χ2n) is 4.27. The zero-order valence-corrected chi connectivity index (χ0v) is 11.4. The first-order valence-electron chi connectivity index (χ1n) is 5.77. The Balaban J connectivity index is 3.09. The van der Waals surface area contributed by atoms with E-state index in [4.69, 9.17) is 0 Å². The first-order valence-corrected chi connectivity index (χ1v) is 6.58. The van der Waals surface area contributed by atoms with Crippen molar-refractivity contribution in [1.82, 2.24) is 5.32 Å². The van der Waals surface area contributed by atoms with Crippen LogP contribution in [-0.2, 0) is 0 Å². The molecule has 18 heavy (non-hydrogen) atoms. The highest BCUT2D eigenvalue weighted by molar-refractivity contribution is 7.12. The average molecular weight is 283 g/mol. The Hall–Kier alpha value is -0.620. The van der Waals surface area contributed by atoms with Gasteiger partial charge in [0.25, 0.3) is 0 Å². The molecular formula is C12H17F4NS. The minimum absolute atomic E-state index is 0.281. The van der Waals surface area contributed by atoms with E-state index in [0.29, 0.717) is 16.9 Å². The lowest BCUT2D eigenvalue weighted by Gasteiger charge is -2.27. The van der Waals surface area contributed by atoms with Crippen LogP contribution in [0.1, 0.15) is 34.7 Å². The van der Waals surface area contributed by atoms with Gasteiger partial charge in [-0.2, -0.15) is 8.78 Å². The lowest BCUT2D eigenvalue weighted by Crippen LogP contribution is -2.42. The molecule has 1 unspecified atom stereocenters. The molecule has 0 saturated carbocycles. The number of aryl methyl sites for hydroxylation is 2. The summed E-state index contributed by atoms with van der Waals surface area (Å²) in [6.45, 7) is 5.53. The number of halogens is 4. The van der Waals surface area contributed by atoms with Gasteiger partial charge < -0.3 is 5.32 Å². The number of hydrogen-bond acceptors (Lipinski definition) is 2. The van der Waals surface area contributed by atoms with Crippen LogP contribution in [0.25, 0.3) is 0 Å². The highest BCUT2D eigenvalue weighted by Crippen LogP contribution is 2.40. The van der Waals surface area contributed by atoms with Crippen molar-refractivity contribution < 1.29 is 17.6 Å². The first-order chi connectivity index (χ1) is 8.30. The standard InChI is InChI=1S/C12H17F4NS/c1-4-5-17-10(12(15,16)11(13)14)9-7(2)6-8(3)18-9/h6,10-11,17H,4-5H2,1-3H3. The van der Waals surface area contributed by atoms with Gasteiger partial charge in [0.1, 0.15) is 6.04 Å². The molecule has 104 valence electrons. The molecule has 0 bridgehead atoms. The summed E-state index contributed by atoms with van der Waals surface area (Å²) in [4.78, 5) is 1.14. The minimum atomic E-state index is -4.06. The minimum Gasteiger partial charge on any atom is -0.304 e. The molecule has 1 nitrogen and oxygen atoms in total. The number of nitrogens with one attached hydrogen (secondary N) is 1. The van der Waals surface area contributed by atoms with E-state index in [-0.39, 0.29) is 6.54 Å². The lowest BCUT2D eigenvalue weighted by molar-refractivity contribution is -0.151. The van der Waals surface area contributed by atoms with E-state index in [1.165, 1.54) is 0 Å². The Bertz CT molecular complexity index is 389. The van der Waals surface area contributed by atoms with E-state index in [9.17, 15) is 17.6 Å². The Labute approximate surface area is 108 Å². The molecule has 1 aromatic rings. The zero-order chi connectivity index (χ0) is 13.9. The van der Waals surface area contributed by atoms with Crippen molar-refractivity contribution in [3.63, 3.8) is 0 Å². The molecule has 6 heteroatoms. The van der Waals surface area contributed by atoms with Gasteiger partial charge in [-0.25, -0.2) is 8.78 Å². The van der Waals surface area contributed by atoms with Gasteiger partial charge in [-0.1, -0.05) is 6.92 Å². The van der Waals surface area contributed by atoms with Gasteiger partial charge in [0.15, 0.2) is 0 Å². The third kappa shape index (κ3) is 3.23. The van der Waals surface area contributed by atoms with Crippen LogP contribution < -0.4 is 5.32 Å². The monoisotopic (exact) mass is 283 g/mol. The van der Waals surface area contributed by atoms with E-state index >= 15 is 0 Å². The van der Waals surface area contributed by atoms with Crippen LogP contribution in [0.5, 0.6) is 0 Å². The molecule has 0 fully saturated rings. The maximum atomic E-state index is 13.6. The Kier molecular flexibility index (Phi) is 5.16. The molecule has 0 aliphatic carbocycles. The van der Waals surface area contributed by atoms with Crippen LogP contribution in [0, 0.1) is 13.8 Å². The summed E-state index contributed by atoms with van der Waals surface area (Å²) in [6.07, 6.45) is -3.06. The van der Waals surface area contributed by atoms with E-state index in [2.05, 4.69) is 5.32 Å². The van der Waals surface area contributed by atoms with Gasteiger partial charge >= 0.3 is 12.3 Å². The average Bonchev–Trinajstić information content (AvgIpc) is 2.58. The maximum absolute atomic E-state index is 13.6. The van der Waals surface area contributed by atoms with Crippen LogP contribution in [0.2, 0.25) is 0 Å². The summed E-state index contributed by atoms with van der Waals surface area (Å²) in [6, 6.07) is 0.124. The van der Waals surface area contributed by atoms with Gasteiger partial charge in [0.05, 0.1) is 0 Å². The normalized spacial score (nSPS) is 14.2. The molecule has 0 spiro atoms. The van der Waals surface area contributed by atoms with Crippen LogP contribution in [0.15, 0.2) is 6.07 Å². The quantitative estimate of drug-likeness (QED) is 0.767. The molecule has 0 saturated heterocycles. The molecule has 1 heterocycles. The summed E-state index contributed by atoms with van der Waals surface area (Å²) >= 11 is 1.14. The third-order valence-corrected chi connectivity index (χ3v) is 3.83. The van der Waals surface area contributed by atoms with Crippen molar-refractivity contribution in [3.05, 3.63) is 21.4 Å². The maximum Gasteiger partial charge on any atom is 0.327 e. The lowest BCUT2D eigenvalue weighted by atomic mass is 10.1. The van der Waals surface area contributed by atoms with Crippen LogP contribution in [0.4, 0.5) is 17.6 Å². The van der Waals surface area contributed by atoms with Crippen molar-refractivity contribution in [2.75, 3.05) is 6.54 Å². The van der Waals surface area contributed by atoms with Crippen LogP contribution in [0.3, 0.4) is 0 Å². The molecule has 0 aliphatic rings.